The predicted octanol–water partition coefficient (Wildman–Crippen LogP) is -6.88. The quantitative estimate of drug-likeness (QED) is 0.169. The largest absolute Gasteiger partial charge is 1.00 e. The standard InChI is InChI=1S/C2H8N2.4C2H4O2.2Na.Pb.2H/c3-1-2-4;4*1-2(3)4;;;;;/h1-4H2;4*1H3,(H,3,4);;;;;/q;;;;;2*+1;;2*-1. The Hall–Kier alpha value is 0.722. The van der Waals surface area contributed by atoms with Crippen molar-refractivity contribution in [2.75, 3.05) is 13.1 Å². The van der Waals surface area contributed by atoms with E-state index < -0.39 is 23.9 Å². The molecular weight excluding hydrogens is 529 g/mol. The van der Waals surface area contributed by atoms with Crippen molar-refractivity contribution in [1.29, 1.82) is 0 Å². The number of carboxylic acid groups (broad SMARTS) is 4. The maximum absolute atomic E-state index is 9.00. The minimum absolute atomic E-state index is 0. The first-order valence-corrected chi connectivity index (χ1v) is 5.03. The first-order chi connectivity index (χ1) is 8.84. The third-order valence-electron chi connectivity index (χ3n) is 0.167. The summed E-state index contributed by atoms with van der Waals surface area (Å²) < 4.78 is 0. The van der Waals surface area contributed by atoms with Crippen LogP contribution in [0.4, 0.5) is 0 Å². The second-order valence-corrected chi connectivity index (χ2v) is 2.65. The van der Waals surface area contributed by atoms with Gasteiger partial charge in [0.15, 0.2) is 0 Å². The minimum Gasteiger partial charge on any atom is -1.00 e. The first-order valence-electron chi connectivity index (χ1n) is 5.03. The van der Waals surface area contributed by atoms with E-state index in [2.05, 4.69) is 0 Å². The van der Waals surface area contributed by atoms with Crippen molar-refractivity contribution >= 4 is 51.2 Å². The van der Waals surface area contributed by atoms with Crippen LogP contribution in [0.1, 0.15) is 30.5 Å². The van der Waals surface area contributed by atoms with Gasteiger partial charge in [-0.1, -0.05) is 0 Å². The summed E-state index contributed by atoms with van der Waals surface area (Å²) in [5.41, 5.74) is 9.81. The number of carboxylic acids is 4. The van der Waals surface area contributed by atoms with E-state index >= 15 is 0 Å². The summed E-state index contributed by atoms with van der Waals surface area (Å²) in [4.78, 5) is 36.0. The molecule has 0 aromatic rings. The Morgan fingerprint density at radius 3 is 0.696 bits per heavy atom. The van der Waals surface area contributed by atoms with Gasteiger partial charge in [-0.25, -0.2) is 0 Å². The summed E-state index contributed by atoms with van der Waals surface area (Å²) in [5, 5.41) is 29.7. The van der Waals surface area contributed by atoms with Crippen LogP contribution in [0.15, 0.2) is 0 Å². The number of rotatable bonds is 1. The number of hydrogen-bond acceptors (Lipinski definition) is 6. The Morgan fingerprint density at radius 2 is 0.696 bits per heavy atom. The Bertz CT molecular complexity index is 215. The minimum atomic E-state index is -0.833. The molecule has 23 heavy (non-hydrogen) atoms. The van der Waals surface area contributed by atoms with Gasteiger partial charge in [0.1, 0.15) is 0 Å². The Balaban J connectivity index is -0.0000000134. The average molecular weight is 556 g/mol. The molecule has 0 atom stereocenters. The smallest absolute Gasteiger partial charge is 1.00 e. The van der Waals surface area contributed by atoms with Crippen LogP contribution in [0, 0.1) is 0 Å². The first kappa shape index (κ1) is 49.5. The topological polar surface area (TPSA) is 201 Å². The van der Waals surface area contributed by atoms with Crippen molar-refractivity contribution in [2.45, 2.75) is 27.7 Å². The van der Waals surface area contributed by atoms with E-state index in [1.807, 2.05) is 0 Å². The molecule has 0 fully saturated rings. The number of nitrogens with two attached hydrogens (primary N) is 2. The van der Waals surface area contributed by atoms with Crippen LogP contribution in [-0.4, -0.2) is 84.7 Å². The molecule has 0 heterocycles. The predicted molar refractivity (Wildman–Crippen MR) is 79.3 cm³/mol. The summed E-state index contributed by atoms with van der Waals surface area (Å²) in [5.74, 6) is -3.33. The van der Waals surface area contributed by atoms with Crippen molar-refractivity contribution in [3.63, 3.8) is 0 Å². The molecule has 0 saturated heterocycles. The second kappa shape index (κ2) is 49.5. The van der Waals surface area contributed by atoms with E-state index in [-0.39, 0.29) is 89.3 Å². The van der Waals surface area contributed by atoms with Gasteiger partial charge in [-0.05, 0) is 0 Å². The molecule has 0 rings (SSSR count). The SMILES string of the molecule is CC(=O)O.CC(=O)O.CC(=O)O.CC(=O)O.NCCN.[H-].[H-].[Na+].[Na+].[Pb]. The number of carbonyl (C=O) groups is 4. The van der Waals surface area contributed by atoms with Gasteiger partial charge in [0.05, 0.1) is 0 Å². The normalized spacial score (nSPS) is 5.65. The van der Waals surface area contributed by atoms with Crippen molar-refractivity contribution in [2.24, 2.45) is 11.5 Å². The summed E-state index contributed by atoms with van der Waals surface area (Å²) in [6.07, 6.45) is 0. The molecule has 0 aliphatic heterocycles. The van der Waals surface area contributed by atoms with Gasteiger partial charge in [-0.15, -0.1) is 0 Å². The van der Waals surface area contributed by atoms with E-state index in [4.69, 9.17) is 51.1 Å². The van der Waals surface area contributed by atoms with Crippen molar-refractivity contribution in [3.8, 4) is 0 Å². The molecule has 10 nitrogen and oxygen atoms in total. The summed E-state index contributed by atoms with van der Waals surface area (Å²) >= 11 is 0. The van der Waals surface area contributed by atoms with E-state index in [9.17, 15) is 0 Å². The monoisotopic (exact) mass is 556 g/mol. The molecule has 0 aliphatic rings. The van der Waals surface area contributed by atoms with Crippen LogP contribution in [0.3, 0.4) is 0 Å². The van der Waals surface area contributed by atoms with E-state index in [1.165, 1.54) is 0 Å². The zero-order valence-electron chi connectivity index (χ0n) is 16.5. The molecule has 0 saturated carbocycles. The molecule has 8 N–H and O–H groups in total. The molecule has 0 aliphatic carbocycles. The van der Waals surface area contributed by atoms with Crippen molar-refractivity contribution in [3.05, 3.63) is 0 Å². The number of hydrogen-bond donors (Lipinski definition) is 6. The van der Waals surface area contributed by atoms with Gasteiger partial charge in [0.25, 0.3) is 23.9 Å². The van der Waals surface area contributed by atoms with Crippen LogP contribution < -0.4 is 70.6 Å². The van der Waals surface area contributed by atoms with E-state index in [1.54, 1.807) is 0 Å². The van der Waals surface area contributed by atoms with Crippen LogP contribution in [0.2, 0.25) is 0 Å². The van der Waals surface area contributed by atoms with Gasteiger partial charge in [0.2, 0.25) is 0 Å². The fourth-order valence-electron chi connectivity index (χ4n) is 0. The zero-order chi connectivity index (χ0) is 17.7. The van der Waals surface area contributed by atoms with Gasteiger partial charge in [-0.2, -0.15) is 0 Å². The average Bonchev–Trinajstić information content (AvgIpc) is 2.13. The fraction of sp³-hybridized carbons (Fsp3) is 0.600. The fourth-order valence-corrected chi connectivity index (χ4v) is 0. The van der Waals surface area contributed by atoms with Gasteiger partial charge >= 0.3 is 59.1 Å². The van der Waals surface area contributed by atoms with Gasteiger partial charge in [-0.3, -0.25) is 19.2 Å². The van der Waals surface area contributed by atoms with Gasteiger partial charge in [0, 0.05) is 68.1 Å². The molecule has 0 unspecified atom stereocenters. The molecule has 130 valence electrons. The van der Waals surface area contributed by atoms with Crippen LogP contribution in [0.5, 0.6) is 0 Å². The third-order valence-corrected chi connectivity index (χ3v) is 0.167. The van der Waals surface area contributed by atoms with Crippen LogP contribution >= 0.6 is 0 Å². The second-order valence-electron chi connectivity index (χ2n) is 2.65. The van der Waals surface area contributed by atoms with Crippen LogP contribution in [-0.2, 0) is 19.2 Å². The molecule has 0 aromatic heterocycles. The summed E-state index contributed by atoms with van der Waals surface area (Å²) in [7, 11) is 0. The Labute approximate surface area is 203 Å². The molecule has 4 radical (unpaired) electrons. The molecule has 0 amide bonds. The van der Waals surface area contributed by atoms with E-state index in [0.717, 1.165) is 27.7 Å². The maximum Gasteiger partial charge on any atom is 1.00 e. The van der Waals surface area contributed by atoms with Crippen LogP contribution in [0.25, 0.3) is 0 Å². The zero-order valence-corrected chi connectivity index (χ0v) is 22.4. The van der Waals surface area contributed by atoms with Crippen molar-refractivity contribution < 1.29 is 102 Å². The molecular formula is C10H26N2Na2O8Pb. The maximum atomic E-state index is 9.00. The Morgan fingerprint density at radius 1 is 0.652 bits per heavy atom. The number of aliphatic carboxylic acids is 4. The molecule has 0 spiro atoms. The van der Waals surface area contributed by atoms with Gasteiger partial charge < -0.3 is 34.7 Å². The van der Waals surface area contributed by atoms with Crippen molar-refractivity contribution in [1.82, 2.24) is 0 Å². The molecule has 0 aromatic carbocycles. The molecule has 13 heteroatoms. The molecule has 0 bridgehead atoms. The Kier molecular flexibility index (Phi) is 107. The summed E-state index contributed by atoms with van der Waals surface area (Å²) in [6.45, 7) is 5.53. The van der Waals surface area contributed by atoms with E-state index in [0.29, 0.717) is 13.1 Å². The summed E-state index contributed by atoms with van der Waals surface area (Å²) in [6, 6.07) is 0. The third kappa shape index (κ3) is 3290.